The van der Waals surface area contributed by atoms with E-state index in [0.29, 0.717) is 6.42 Å². The molecule has 0 radical (unpaired) electrons. The van der Waals surface area contributed by atoms with E-state index in [4.69, 9.17) is 5.11 Å². The molecule has 0 atom stereocenters. The SMILES string of the molecule is O=C(O)CCCc1ccnc(-c2ccccn2)c1. The maximum Gasteiger partial charge on any atom is 0.303 e. The normalized spacial score (nSPS) is 10.2. The molecule has 4 heteroatoms. The number of nitrogens with zero attached hydrogens (tertiary/aromatic N) is 2. The van der Waals surface area contributed by atoms with Crippen LogP contribution >= 0.6 is 0 Å². The number of aryl methyl sites for hydroxylation is 1. The Morgan fingerprint density at radius 2 is 1.94 bits per heavy atom. The van der Waals surface area contributed by atoms with E-state index >= 15 is 0 Å². The van der Waals surface area contributed by atoms with E-state index in [0.717, 1.165) is 23.4 Å². The number of carbonyl (C=O) groups is 1. The average Bonchev–Trinajstić information content (AvgIpc) is 2.40. The predicted molar refractivity (Wildman–Crippen MR) is 68.0 cm³/mol. The zero-order valence-corrected chi connectivity index (χ0v) is 9.91. The highest BCUT2D eigenvalue weighted by atomic mass is 16.4. The van der Waals surface area contributed by atoms with Crippen LogP contribution in [-0.2, 0) is 11.2 Å². The fourth-order valence-electron chi connectivity index (χ4n) is 1.73. The molecule has 0 aromatic carbocycles. The molecule has 2 heterocycles. The van der Waals surface area contributed by atoms with E-state index in [1.165, 1.54) is 0 Å². The molecule has 0 saturated heterocycles. The molecular weight excluding hydrogens is 228 g/mol. The lowest BCUT2D eigenvalue weighted by molar-refractivity contribution is -0.137. The molecule has 0 spiro atoms. The summed E-state index contributed by atoms with van der Waals surface area (Å²) in [5.74, 6) is -0.756. The Morgan fingerprint density at radius 1 is 1.11 bits per heavy atom. The van der Waals surface area contributed by atoms with E-state index < -0.39 is 5.97 Å². The summed E-state index contributed by atoms with van der Waals surface area (Å²) in [7, 11) is 0. The van der Waals surface area contributed by atoms with Gasteiger partial charge in [0.1, 0.15) is 0 Å². The third-order valence-corrected chi connectivity index (χ3v) is 2.61. The van der Waals surface area contributed by atoms with E-state index in [1.54, 1.807) is 12.4 Å². The first kappa shape index (κ1) is 12.2. The van der Waals surface area contributed by atoms with Gasteiger partial charge in [-0.1, -0.05) is 6.07 Å². The third-order valence-electron chi connectivity index (χ3n) is 2.61. The third kappa shape index (κ3) is 3.38. The minimum Gasteiger partial charge on any atom is -0.481 e. The highest BCUT2D eigenvalue weighted by Gasteiger charge is 2.02. The van der Waals surface area contributed by atoms with Gasteiger partial charge >= 0.3 is 5.97 Å². The van der Waals surface area contributed by atoms with Gasteiger partial charge in [0.05, 0.1) is 11.4 Å². The topological polar surface area (TPSA) is 63.1 Å². The van der Waals surface area contributed by atoms with Crippen molar-refractivity contribution in [1.29, 1.82) is 0 Å². The molecule has 0 aliphatic heterocycles. The molecule has 4 nitrogen and oxygen atoms in total. The Labute approximate surface area is 105 Å². The summed E-state index contributed by atoms with van der Waals surface area (Å²) < 4.78 is 0. The number of carboxylic acids is 1. The summed E-state index contributed by atoms with van der Waals surface area (Å²) in [5, 5.41) is 8.60. The lowest BCUT2D eigenvalue weighted by Crippen LogP contribution is -1.96. The minimum absolute atomic E-state index is 0.196. The van der Waals surface area contributed by atoms with Crippen LogP contribution in [0.2, 0.25) is 0 Å². The van der Waals surface area contributed by atoms with Crippen molar-refractivity contribution in [1.82, 2.24) is 9.97 Å². The van der Waals surface area contributed by atoms with Gasteiger partial charge in [0.15, 0.2) is 0 Å². The Balaban J connectivity index is 2.08. The van der Waals surface area contributed by atoms with Gasteiger partial charge in [0.25, 0.3) is 0 Å². The number of aliphatic carboxylic acids is 1. The van der Waals surface area contributed by atoms with Crippen LogP contribution in [0.3, 0.4) is 0 Å². The quantitative estimate of drug-likeness (QED) is 0.875. The highest BCUT2D eigenvalue weighted by Crippen LogP contribution is 2.15. The number of aromatic nitrogens is 2. The van der Waals surface area contributed by atoms with Gasteiger partial charge in [-0.2, -0.15) is 0 Å². The highest BCUT2D eigenvalue weighted by molar-refractivity contribution is 5.66. The van der Waals surface area contributed by atoms with E-state index in [-0.39, 0.29) is 6.42 Å². The van der Waals surface area contributed by atoms with Gasteiger partial charge in [-0.3, -0.25) is 14.8 Å². The van der Waals surface area contributed by atoms with Crippen LogP contribution in [0.25, 0.3) is 11.4 Å². The Morgan fingerprint density at radius 3 is 2.67 bits per heavy atom. The Kier molecular flexibility index (Phi) is 4.02. The Bertz CT molecular complexity index is 526. The summed E-state index contributed by atoms with van der Waals surface area (Å²) in [6.07, 6.45) is 5.05. The predicted octanol–water partition coefficient (Wildman–Crippen LogP) is 2.55. The van der Waals surface area contributed by atoms with Crippen molar-refractivity contribution in [2.45, 2.75) is 19.3 Å². The van der Waals surface area contributed by atoms with Gasteiger partial charge in [0.2, 0.25) is 0 Å². The standard InChI is InChI=1S/C14H14N2O2/c17-14(18)6-3-4-11-7-9-16-13(10-11)12-5-1-2-8-15-12/h1-2,5,7-10H,3-4,6H2,(H,17,18). The number of carboxylic acid groups (broad SMARTS) is 1. The summed E-state index contributed by atoms with van der Waals surface area (Å²) in [4.78, 5) is 19.0. The van der Waals surface area contributed by atoms with Crippen molar-refractivity contribution in [3.05, 3.63) is 48.3 Å². The zero-order chi connectivity index (χ0) is 12.8. The van der Waals surface area contributed by atoms with Crippen LogP contribution < -0.4 is 0 Å². The molecule has 0 saturated carbocycles. The molecule has 0 fully saturated rings. The lowest BCUT2D eigenvalue weighted by atomic mass is 10.1. The van der Waals surface area contributed by atoms with Crippen LogP contribution in [0.5, 0.6) is 0 Å². The van der Waals surface area contributed by atoms with Crippen molar-refractivity contribution >= 4 is 5.97 Å². The monoisotopic (exact) mass is 242 g/mol. The van der Waals surface area contributed by atoms with Gasteiger partial charge < -0.3 is 5.11 Å². The summed E-state index contributed by atoms with van der Waals surface area (Å²) in [6, 6.07) is 9.56. The summed E-state index contributed by atoms with van der Waals surface area (Å²) in [6.45, 7) is 0. The van der Waals surface area contributed by atoms with E-state index in [9.17, 15) is 4.79 Å². The summed E-state index contributed by atoms with van der Waals surface area (Å²) >= 11 is 0. The molecular formula is C14H14N2O2. The molecule has 18 heavy (non-hydrogen) atoms. The second-order valence-electron chi connectivity index (χ2n) is 4.01. The number of pyridine rings is 2. The van der Waals surface area contributed by atoms with Gasteiger partial charge in [-0.15, -0.1) is 0 Å². The molecule has 0 bridgehead atoms. The van der Waals surface area contributed by atoms with Crippen LogP contribution in [0.15, 0.2) is 42.7 Å². The smallest absolute Gasteiger partial charge is 0.303 e. The molecule has 0 aliphatic carbocycles. The molecule has 2 aromatic heterocycles. The van der Waals surface area contributed by atoms with E-state index in [2.05, 4.69) is 9.97 Å². The zero-order valence-electron chi connectivity index (χ0n) is 9.91. The number of rotatable bonds is 5. The summed E-state index contributed by atoms with van der Waals surface area (Å²) in [5.41, 5.74) is 2.74. The van der Waals surface area contributed by atoms with Crippen LogP contribution in [0, 0.1) is 0 Å². The minimum atomic E-state index is -0.756. The van der Waals surface area contributed by atoms with Crippen molar-refractivity contribution in [2.24, 2.45) is 0 Å². The van der Waals surface area contributed by atoms with Crippen LogP contribution in [0.1, 0.15) is 18.4 Å². The first-order chi connectivity index (χ1) is 8.75. The lowest BCUT2D eigenvalue weighted by Gasteiger charge is -2.03. The van der Waals surface area contributed by atoms with E-state index in [1.807, 2.05) is 30.3 Å². The molecule has 0 unspecified atom stereocenters. The van der Waals surface area contributed by atoms with Crippen molar-refractivity contribution in [3.63, 3.8) is 0 Å². The van der Waals surface area contributed by atoms with Crippen molar-refractivity contribution < 1.29 is 9.90 Å². The molecule has 92 valence electrons. The van der Waals surface area contributed by atoms with Gasteiger partial charge in [-0.05, 0) is 42.7 Å². The number of hydrogen-bond acceptors (Lipinski definition) is 3. The van der Waals surface area contributed by atoms with Crippen molar-refractivity contribution in [2.75, 3.05) is 0 Å². The van der Waals surface area contributed by atoms with Gasteiger partial charge in [-0.25, -0.2) is 0 Å². The Hall–Kier alpha value is -2.23. The first-order valence-corrected chi connectivity index (χ1v) is 5.84. The maximum absolute atomic E-state index is 10.5. The van der Waals surface area contributed by atoms with Crippen molar-refractivity contribution in [3.8, 4) is 11.4 Å². The molecule has 0 aliphatic rings. The molecule has 2 aromatic rings. The molecule has 1 N–H and O–H groups in total. The fourth-order valence-corrected chi connectivity index (χ4v) is 1.73. The number of hydrogen-bond donors (Lipinski definition) is 1. The first-order valence-electron chi connectivity index (χ1n) is 5.84. The second-order valence-corrected chi connectivity index (χ2v) is 4.01. The largest absolute Gasteiger partial charge is 0.481 e. The van der Waals surface area contributed by atoms with Crippen LogP contribution in [-0.4, -0.2) is 21.0 Å². The van der Waals surface area contributed by atoms with Gasteiger partial charge in [0, 0.05) is 18.8 Å². The maximum atomic E-state index is 10.5. The second kappa shape index (κ2) is 5.91. The molecule has 0 amide bonds. The average molecular weight is 242 g/mol. The fraction of sp³-hybridized carbons (Fsp3) is 0.214. The van der Waals surface area contributed by atoms with Crippen LogP contribution in [0.4, 0.5) is 0 Å². The molecule has 2 rings (SSSR count).